The zero-order valence-electron chi connectivity index (χ0n) is 14.6. The summed E-state index contributed by atoms with van der Waals surface area (Å²) < 4.78 is 26.6. The molecular weight excluding hydrogens is 370 g/mol. The number of halogens is 2. The smallest absolute Gasteiger partial charge is 0.299 e. The third-order valence-corrected chi connectivity index (χ3v) is 4.88. The minimum Gasteiger partial charge on any atom is -0.305 e. The molecule has 2 aliphatic rings. The van der Waals surface area contributed by atoms with Gasteiger partial charge in [-0.1, -0.05) is 0 Å². The highest BCUT2D eigenvalue weighted by Gasteiger charge is 2.37. The normalized spacial score (nSPS) is 15.5. The lowest BCUT2D eigenvalue weighted by Crippen LogP contribution is -2.33. The predicted molar refractivity (Wildman–Crippen MR) is 95.4 cm³/mol. The second-order valence-corrected chi connectivity index (χ2v) is 6.60. The van der Waals surface area contributed by atoms with E-state index < -0.39 is 35.0 Å². The van der Waals surface area contributed by atoms with Crippen LogP contribution in [0.2, 0.25) is 0 Å². The number of anilines is 2. The lowest BCUT2D eigenvalue weighted by Gasteiger charge is -2.19. The first-order valence-corrected chi connectivity index (χ1v) is 8.70. The van der Waals surface area contributed by atoms with Crippen LogP contribution in [0.1, 0.15) is 33.6 Å². The number of rotatable bonds is 5. The molecule has 2 amide bonds. The summed E-state index contributed by atoms with van der Waals surface area (Å²) in [4.78, 5) is 50.8. The van der Waals surface area contributed by atoms with Gasteiger partial charge in [0.05, 0.1) is 22.5 Å². The molecule has 2 aromatic rings. The average molecular weight is 384 g/mol. The molecule has 2 heterocycles. The number of hydrogen-bond acceptors (Lipinski definition) is 4. The molecule has 6 nitrogen and oxygen atoms in total. The summed E-state index contributed by atoms with van der Waals surface area (Å²) in [5.41, 5.74) is 0.817. The maximum Gasteiger partial charge on any atom is 0.299 e. The molecule has 0 N–H and O–H groups in total. The Morgan fingerprint density at radius 1 is 0.643 bits per heavy atom. The number of carbonyl (C=O) groups excluding carboxylic acids is 4. The molecule has 0 unspecified atom stereocenters. The van der Waals surface area contributed by atoms with Gasteiger partial charge < -0.3 is 9.80 Å². The van der Waals surface area contributed by atoms with Gasteiger partial charge in [0.2, 0.25) is 0 Å². The molecule has 0 fully saturated rings. The van der Waals surface area contributed by atoms with E-state index in [1.165, 1.54) is 34.1 Å². The van der Waals surface area contributed by atoms with Gasteiger partial charge in [-0.05, 0) is 49.2 Å². The number of ketones is 2. The first kappa shape index (κ1) is 18.0. The SMILES string of the molecule is O=C1C(=O)N(CCCCN2C(=O)C(=O)c3cc(F)ccc32)c2ccc(F)cc21. The fourth-order valence-electron chi connectivity index (χ4n) is 3.53. The maximum absolute atomic E-state index is 13.3. The van der Waals surface area contributed by atoms with Crippen LogP contribution in [0.25, 0.3) is 0 Å². The van der Waals surface area contributed by atoms with Gasteiger partial charge in [-0.25, -0.2) is 8.78 Å². The Hall–Kier alpha value is -3.42. The zero-order valence-corrected chi connectivity index (χ0v) is 14.6. The molecule has 0 aromatic heterocycles. The molecule has 0 saturated heterocycles. The van der Waals surface area contributed by atoms with Crippen LogP contribution in [-0.2, 0) is 9.59 Å². The van der Waals surface area contributed by atoms with Crippen LogP contribution < -0.4 is 9.80 Å². The lowest BCUT2D eigenvalue weighted by molar-refractivity contribution is -0.115. The van der Waals surface area contributed by atoms with Crippen LogP contribution in [-0.4, -0.2) is 36.5 Å². The minimum absolute atomic E-state index is 0.0428. The second kappa shape index (κ2) is 6.63. The Balaban J connectivity index is 1.41. The molecule has 0 radical (unpaired) electrons. The van der Waals surface area contributed by atoms with Gasteiger partial charge in [0.15, 0.2) is 0 Å². The second-order valence-electron chi connectivity index (χ2n) is 6.60. The van der Waals surface area contributed by atoms with Crippen LogP contribution in [0.5, 0.6) is 0 Å². The van der Waals surface area contributed by atoms with Crippen molar-refractivity contribution in [2.24, 2.45) is 0 Å². The summed E-state index contributed by atoms with van der Waals surface area (Å²) in [6.07, 6.45) is 0.897. The fraction of sp³-hybridized carbons (Fsp3) is 0.200. The van der Waals surface area contributed by atoms with Gasteiger partial charge in [0.25, 0.3) is 23.4 Å². The molecule has 28 heavy (non-hydrogen) atoms. The van der Waals surface area contributed by atoms with Crippen molar-refractivity contribution in [2.75, 3.05) is 22.9 Å². The Morgan fingerprint density at radius 2 is 1.04 bits per heavy atom. The first-order valence-electron chi connectivity index (χ1n) is 8.70. The highest BCUT2D eigenvalue weighted by Crippen LogP contribution is 2.31. The molecule has 2 aliphatic heterocycles. The molecule has 0 spiro atoms. The molecule has 8 heteroatoms. The van der Waals surface area contributed by atoms with Gasteiger partial charge in [0, 0.05) is 13.1 Å². The van der Waals surface area contributed by atoms with E-state index >= 15 is 0 Å². The number of Topliss-reactive ketones (excluding diaryl/α,β-unsaturated/α-hetero) is 2. The highest BCUT2D eigenvalue weighted by molar-refractivity contribution is 6.52. The predicted octanol–water partition coefficient (Wildman–Crippen LogP) is 2.50. The number of unbranched alkanes of at least 4 members (excludes halogenated alkanes) is 1. The Bertz CT molecular complexity index is 967. The van der Waals surface area contributed by atoms with Crippen LogP contribution >= 0.6 is 0 Å². The number of hydrogen-bond donors (Lipinski definition) is 0. The number of benzene rings is 2. The van der Waals surface area contributed by atoms with Gasteiger partial charge in [0.1, 0.15) is 11.6 Å². The number of nitrogens with zero attached hydrogens (tertiary/aromatic N) is 2. The van der Waals surface area contributed by atoms with Crippen molar-refractivity contribution in [1.82, 2.24) is 0 Å². The topological polar surface area (TPSA) is 74.8 Å². The largest absolute Gasteiger partial charge is 0.305 e. The Labute approximate surface area is 158 Å². The molecule has 142 valence electrons. The van der Waals surface area contributed by atoms with E-state index in [0.717, 1.165) is 12.1 Å². The third kappa shape index (κ3) is 2.77. The van der Waals surface area contributed by atoms with Crippen molar-refractivity contribution >= 4 is 34.8 Å². The monoisotopic (exact) mass is 384 g/mol. The van der Waals surface area contributed by atoms with E-state index in [4.69, 9.17) is 0 Å². The van der Waals surface area contributed by atoms with Gasteiger partial charge in [-0.15, -0.1) is 0 Å². The van der Waals surface area contributed by atoms with Crippen LogP contribution in [0.4, 0.5) is 20.2 Å². The fourth-order valence-corrected chi connectivity index (χ4v) is 3.53. The standard InChI is InChI=1S/C20H14F2N2O4/c21-11-3-5-15-13(9-11)17(25)19(27)23(15)7-1-2-8-24-16-6-4-12(22)10-14(16)18(26)20(24)28/h3-6,9-10H,1-2,7-8H2. The van der Waals surface area contributed by atoms with Crippen molar-refractivity contribution in [2.45, 2.75) is 12.8 Å². The van der Waals surface area contributed by atoms with Crippen molar-refractivity contribution in [3.63, 3.8) is 0 Å². The highest BCUT2D eigenvalue weighted by atomic mass is 19.1. The lowest BCUT2D eigenvalue weighted by atomic mass is 10.1. The molecule has 4 rings (SSSR count). The molecule has 0 bridgehead atoms. The van der Waals surface area contributed by atoms with Gasteiger partial charge >= 0.3 is 0 Å². The van der Waals surface area contributed by atoms with E-state index in [1.54, 1.807) is 0 Å². The summed E-state index contributed by atoms with van der Waals surface area (Å²) in [6.45, 7) is 0.435. The van der Waals surface area contributed by atoms with E-state index in [0.29, 0.717) is 24.2 Å². The van der Waals surface area contributed by atoms with Gasteiger partial charge in [-0.2, -0.15) is 0 Å². The van der Waals surface area contributed by atoms with Crippen molar-refractivity contribution < 1.29 is 28.0 Å². The van der Waals surface area contributed by atoms with Crippen LogP contribution in [0, 0.1) is 11.6 Å². The van der Waals surface area contributed by atoms with Crippen molar-refractivity contribution in [3.05, 3.63) is 59.2 Å². The van der Waals surface area contributed by atoms with Crippen molar-refractivity contribution in [3.8, 4) is 0 Å². The summed E-state index contributed by atoms with van der Waals surface area (Å²) in [6, 6.07) is 7.23. The third-order valence-electron chi connectivity index (χ3n) is 4.88. The number of amides is 2. The zero-order chi connectivity index (χ0) is 20.0. The number of carbonyl (C=O) groups is 4. The summed E-state index contributed by atoms with van der Waals surface area (Å²) >= 11 is 0. The van der Waals surface area contributed by atoms with Crippen LogP contribution in [0.3, 0.4) is 0 Å². The molecule has 0 aliphatic carbocycles. The first-order chi connectivity index (χ1) is 13.4. The number of fused-ring (bicyclic) bond motifs is 2. The molecule has 0 saturated carbocycles. The summed E-state index contributed by atoms with van der Waals surface area (Å²) in [5, 5.41) is 0. The van der Waals surface area contributed by atoms with Gasteiger partial charge in [-0.3, -0.25) is 19.2 Å². The maximum atomic E-state index is 13.3. The Kier molecular flexibility index (Phi) is 4.26. The Morgan fingerprint density at radius 3 is 1.43 bits per heavy atom. The average Bonchev–Trinajstić information content (AvgIpc) is 3.05. The quantitative estimate of drug-likeness (QED) is 0.586. The van der Waals surface area contributed by atoms with E-state index in [-0.39, 0.29) is 24.2 Å². The van der Waals surface area contributed by atoms with E-state index in [9.17, 15) is 28.0 Å². The molecule has 2 aromatic carbocycles. The molecule has 0 atom stereocenters. The molecular formula is C20H14F2N2O4. The van der Waals surface area contributed by atoms with Crippen molar-refractivity contribution in [1.29, 1.82) is 0 Å². The summed E-state index contributed by atoms with van der Waals surface area (Å²) in [7, 11) is 0. The minimum atomic E-state index is -0.745. The van der Waals surface area contributed by atoms with Crippen LogP contribution in [0.15, 0.2) is 36.4 Å². The van der Waals surface area contributed by atoms with E-state index in [2.05, 4.69) is 0 Å². The summed E-state index contributed by atoms with van der Waals surface area (Å²) in [5.74, 6) is -4.10. The van der Waals surface area contributed by atoms with E-state index in [1.807, 2.05) is 0 Å².